The van der Waals surface area contributed by atoms with E-state index in [-0.39, 0.29) is 5.54 Å². The van der Waals surface area contributed by atoms with Crippen LogP contribution in [0.4, 0.5) is 0 Å². The first-order chi connectivity index (χ1) is 7.95. The van der Waals surface area contributed by atoms with Gasteiger partial charge < -0.3 is 15.0 Å². The largest absolute Gasteiger partial charge is 0.381 e. The molecule has 0 fully saturated rings. The van der Waals surface area contributed by atoms with Crippen molar-refractivity contribution in [2.45, 2.75) is 52.5 Å². The normalized spacial score (nSPS) is 12.4. The van der Waals surface area contributed by atoms with Crippen LogP contribution >= 0.6 is 0 Å². The summed E-state index contributed by atoms with van der Waals surface area (Å²) in [6.45, 7) is 13.9. The van der Waals surface area contributed by atoms with E-state index in [2.05, 4.69) is 45.0 Å². The highest BCUT2D eigenvalue weighted by molar-refractivity contribution is 4.69. The molecular weight excluding hydrogens is 212 g/mol. The lowest BCUT2D eigenvalue weighted by molar-refractivity contribution is 0.120. The SMILES string of the molecule is CCCN(C)CCCOCCCNC(C)(C)C. The van der Waals surface area contributed by atoms with Gasteiger partial charge in [-0.15, -0.1) is 0 Å². The summed E-state index contributed by atoms with van der Waals surface area (Å²) in [5.74, 6) is 0. The molecule has 0 aliphatic heterocycles. The molecule has 0 saturated carbocycles. The van der Waals surface area contributed by atoms with Gasteiger partial charge in [-0.3, -0.25) is 0 Å². The first kappa shape index (κ1) is 16.9. The molecule has 0 unspecified atom stereocenters. The minimum atomic E-state index is 0.225. The second-order valence-corrected chi connectivity index (χ2v) is 5.80. The van der Waals surface area contributed by atoms with E-state index in [4.69, 9.17) is 4.74 Å². The Balaban J connectivity index is 3.14. The van der Waals surface area contributed by atoms with Crippen LogP contribution in [0.3, 0.4) is 0 Å². The highest BCUT2D eigenvalue weighted by Gasteiger charge is 2.06. The van der Waals surface area contributed by atoms with Crippen LogP contribution in [0.5, 0.6) is 0 Å². The molecule has 0 amide bonds. The molecular formula is C14H32N2O. The van der Waals surface area contributed by atoms with E-state index in [1.54, 1.807) is 0 Å². The monoisotopic (exact) mass is 244 g/mol. The maximum Gasteiger partial charge on any atom is 0.0478 e. The molecule has 0 aliphatic carbocycles. The molecule has 0 heterocycles. The van der Waals surface area contributed by atoms with E-state index in [0.29, 0.717) is 0 Å². The van der Waals surface area contributed by atoms with Gasteiger partial charge in [0, 0.05) is 25.3 Å². The maximum atomic E-state index is 5.61. The van der Waals surface area contributed by atoms with Gasteiger partial charge in [-0.2, -0.15) is 0 Å². The third kappa shape index (κ3) is 13.8. The van der Waals surface area contributed by atoms with Crippen molar-refractivity contribution in [3.05, 3.63) is 0 Å². The highest BCUT2D eigenvalue weighted by atomic mass is 16.5. The minimum absolute atomic E-state index is 0.225. The van der Waals surface area contributed by atoms with E-state index in [1.165, 1.54) is 13.0 Å². The first-order valence-corrected chi connectivity index (χ1v) is 6.97. The predicted molar refractivity (Wildman–Crippen MR) is 75.6 cm³/mol. The molecule has 0 spiro atoms. The van der Waals surface area contributed by atoms with Crippen molar-refractivity contribution in [1.29, 1.82) is 0 Å². The van der Waals surface area contributed by atoms with Crippen molar-refractivity contribution in [2.24, 2.45) is 0 Å². The van der Waals surface area contributed by atoms with Gasteiger partial charge in [0.05, 0.1) is 0 Å². The molecule has 17 heavy (non-hydrogen) atoms. The zero-order chi connectivity index (χ0) is 13.1. The van der Waals surface area contributed by atoms with Crippen LogP contribution in [-0.2, 0) is 4.74 Å². The Hall–Kier alpha value is -0.120. The van der Waals surface area contributed by atoms with Gasteiger partial charge in [-0.05, 0) is 60.2 Å². The summed E-state index contributed by atoms with van der Waals surface area (Å²) in [6.07, 6.45) is 3.47. The summed E-state index contributed by atoms with van der Waals surface area (Å²) in [5.41, 5.74) is 0.225. The van der Waals surface area contributed by atoms with Gasteiger partial charge in [0.25, 0.3) is 0 Å². The van der Waals surface area contributed by atoms with Gasteiger partial charge in [-0.1, -0.05) is 6.92 Å². The molecule has 0 saturated heterocycles. The van der Waals surface area contributed by atoms with E-state index in [9.17, 15) is 0 Å². The number of ether oxygens (including phenoxy) is 1. The van der Waals surface area contributed by atoms with Crippen LogP contribution in [-0.4, -0.2) is 50.3 Å². The summed E-state index contributed by atoms with van der Waals surface area (Å²) in [6, 6.07) is 0. The van der Waals surface area contributed by atoms with Crippen molar-refractivity contribution in [1.82, 2.24) is 10.2 Å². The average molecular weight is 244 g/mol. The lowest BCUT2D eigenvalue weighted by Crippen LogP contribution is -2.36. The zero-order valence-corrected chi connectivity index (χ0v) is 12.5. The van der Waals surface area contributed by atoms with Crippen LogP contribution in [0.25, 0.3) is 0 Å². The summed E-state index contributed by atoms with van der Waals surface area (Å²) in [5, 5.41) is 3.46. The van der Waals surface area contributed by atoms with E-state index >= 15 is 0 Å². The predicted octanol–water partition coefficient (Wildman–Crippen LogP) is 2.51. The molecule has 0 aromatic rings. The van der Waals surface area contributed by atoms with Gasteiger partial charge in [0.1, 0.15) is 0 Å². The summed E-state index contributed by atoms with van der Waals surface area (Å²) in [7, 11) is 2.18. The number of hydrogen-bond acceptors (Lipinski definition) is 3. The van der Waals surface area contributed by atoms with Crippen LogP contribution in [0.1, 0.15) is 47.0 Å². The summed E-state index contributed by atoms with van der Waals surface area (Å²) < 4.78 is 5.61. The van der Waals surface area contributed by atoms with Gasteiger partial charge in [0.2, 0.25) is 0 Å². The smallest absolute Gasteiger partial charge is 0.0478 e. The fourth-order valence-electron chi connectivity index (χ4n) is 1.67. The molecule has 3 nitrogen and oxygen atoms in total. The van der Waals surface area contributed by atoms with Crippen molar-refractivity contribution in [3.63, 3.8) is 0 Å². The Morgan fingerprint density at radius 2 is 1.71 bits per heavy atom. The lowest BCUT2D eigenvalue weighted by atomic mass is 10.1. The molecule has 0 aromatic carbocycles. The molecule has 1 N–H and O–H groups in total. The van der Waals surface area contributed by atoms with Crippen molar-refractivity contribution in [3.8, 4) is 0 Å². The number of rotatable bonds is 10. The van der Waals surface area contributed by atoms with Crippen molar-refractivity contribution >= 4 is 0 Å². The molecule has 3 heteroatoms. The van der Waals surface area contributed by atoms with Crippen molar-refractivity contribution < 1.29 is 4.74 Å². The molecule has 104 valence electrons. The van der Waals surface area contributed by atoms with E-state index in [1.807, 2.05) is 0 Å². The fourth-order valence-corrected chi connectivity index (χ4v) is 1.67. The Bertz CT molecular complexity index is 166. The van der Waals surface area contributed by atoms with Crippen LogP contribution < -0.4 is 5.32 Å². The molecule has 0 radical (unpaired) electrons. The number of nitrogens with zero attached hydrogens (tertiary/aromatic N) is 1. The lowest BCUT2D eigenvalue weighted by Gasteiger charge is -2.20. The molecule has 0 aliphatic rings. The molecule has 0 atom stereocenters. The fraction of sp³-hybridized carbons (Fsp3) is 1.00. The Morgan fingerprint density at radius 1 is 1.06 bits per heavy atom. The molecule has 0 aromatic heterocycles. The highest BCUT2D eigenvalue weighted by Crippen LogP contribution is 1.98. The van der Waals surface area contributed by atoms with E-state index in [0.717, 1.165) is 39.1 Å². The maximum absolute atomic E-state index is 5.61. The minimum Gasteiger partial charge on any atom is -0.381 e. The summed E-state index contributed by atoms with van der Waals surface area (Å²) in [4.78, 5) is 2.37. The van der Waals surface area contributed by atoms with Crippen molar-refractivity contribution in [2.75, 3.05) is 39.9 Å². The van der Waals surface area contributed by atoms with Crippen LogP contribution in [0.15, 0.2) is 0 Å². The summed E-state index contributed by atoms with van der Waals surface area (Å²) >= 11 is 0. The Morgan fingerprint density at radius 3 is 2.29 bits per heavy atom. The van der Waals surface area contributed by atoms with E-state index < -0.39 is 0 Å². The average Bonchev–Trinajstić information content (AvgIpc) is 2.21. The van der Waals surface area contributed by atoms with Crippen LogP contribution in [0, 0.1) is 0 Å². The quantitative estimate of drug-likeness (QED) is 0.598. The third-order valence-electron chi connectivity index (χ3n) is 2.55. The topological polar surface area (TPSA) is 24.5 Å². The molecule has 0 rings (SSSR count). The van der Waals surface area contributed by atoms with Gasteiger partial charge in [0.15, 0.2) is 0 Å². The van der Waals surface area contributed by atoms with Gasteiger partial charge >= 0.3 is 0 Å². The first-order valence-electron chi connectivity index (χ1n) is 6.97. The van der Waals surface area contributed by atoms with Gasteiger partial charge in [-0.25, -0.2) is 0 Å². The second-order valence-electron chi connectivity index (χ2n) is 5.80. The number of nitrogens with one attached hydrogen (secondary N) is 1. The third-order valence-corrected chi connectivity index (χ3v) is 2.55. The van der Waals surface area contributed by atoms with Crippen LogP contribution in [0.2, 0.25) is 0 Å². The second kappa shape index (κ2) is 9.86. The Kier molecular flexibility index (Phi) is 9.79. The standard InChI is InChI=1S/C14H32N2O/c1-6-10-16(5)11-8-13-17-12-7-9-15-14(2,3)4/h15H,6-13H2,1-5H3. The molecule has 0 bridgehead atoms. The number of hydrogen-bond donors (Lipinski definition) is 1. The zero-order valence-electron chi connectivity index (χ0n) is 12.5. The Labute approximate surface area is 108 Å².